The maximum atomic E-state index is 12.9. The van der Waals surface area contributed by atoms with E-state index in [0.717, 1.165) is 25.2 Å². The number of hydrogen-bond donors (Lipinski definition) is 0. The molecule has 0 N–H and O–H groups in total. The highest BCUT2D eigenvalue weighted by Crippen LogP contribution is 2.33. The van der Waals surface area contributed by atoms with E-state index in [4.69, 9.17) is 0 Å². The summed E-state index contributed by atoms with van der Waals surface area (Å²) in [7, 11) is -3.43. The lowest BCUT2D eigenvalue weighted by atomic mass is 9.88. The second-order valence-electron chi connectivity index (χ2n) is 7.32. The fourth-order valence-corrected chi connectivity index (χ4v) is 5.55. The molecule has 5 heteroatoms. The predicted octanol–water partition coefficient (Wildman–Crippen LogP) is 3.59. The van der Waals surface area contributed by atoms with Crippen molar-refractivity contribution in [2.24, 2.45) is 0 Å². The molecule has 0 bridgehead atoms. The van der Waals surface area contributed by atoms with Gasteiger partial charge in [0.2, 0.25) is 10.0 Å². The molecular weight excluding hydrogens is 344 g/mol. The molecule has 2 aliphatic heterocycles. The first-order valence-corrected chi connectivity index (χ1v) is 10.9. The molecule has 0 radical (unpaired) electrons. The molecule has 1 fully saturated rings. The Labute approximate surface area is 156 Å². The fourth-order valence-electron chi connectivity index (χ4n) is 4.13. The van der Waals surface area contributed by atoms with Crippen molar-refractivity contribution in [3.63, 3.8) is 0 Å². The molecule has 2 heterocycles. The molecule has 4 rings (SSSR count). The van der Waals surface area contributed by atoms with Gasteiger partial charge in [0.05, 0.1) is 4.90 Å². The number of likely N-dealkylation sites (tertiary alicyclic amines) is 1. The lowest BCUT2D eigenvalue weighted by Gasteiger charge is -2.31. The quantitative estimate of drug-likeness (QED) is 0.826. The van der Waals surface area contributed by atoms with Crippen LogP contribution in [-0.4, -0.2) is 37.3 Å². The van der Waals surface area contributed by atoms with Gasteiger partial charge in [-0.2, -0.15) is 4.31 Å². The van der Waals surface area contributed by atoms with Crippen molar-refractivity contribution in [2.45, 2.75) is 43.7 Å². The van der Waals surface area contributed by atoms with Crippen LogP contribution in [0.1, 0.15) is 42.4 Å². The van der Waals surface area contributed by atoms with Crippen LogP contribution in [0.5, 0.6) is 0 Å². The Bertz CT molecular complexity index is 872. The Kier molecular flexibility index (Phi) is 4.86. The summed E-state index contributed by atoms with van der Waals surface area (Å²) in [4.78, 5) is 2.87. The number of piperidine rings is 1. The summed E-state index contributed by atoms with van der Waals surface area (Å²) >= 11 is 0. The fraction of sp³-hybridized carbons (Fsp3) is 0.429. The van der Waals surface area contributed by atoms with Crippen LogP contribution in [0.2, 0.25) is 0 Å². The van der Waals surface area contributed by atoms with Crippen molar-refractivity contribution in [1.29, 1.82) is 0 Å². The van der Waals surface area contributed by atoms with Crippen LogP contribution >= 0.6 is 0 Å². The molecular formula is C21H26N2O2S. The van der Waals surface area contributed by atoms with E-state index in [1.54, 1.807) is 28.6 Å². The summed E-state index contributed by atoms with van der Waals surface area (Å²) in [6.45, 7) is 6.62. The van der Waals surface area contributed by atoms with Crippen LogP contribution in [0.4, 0.5) is 0 Å². The number of hydrogen-bond acceptors (Lipinski definition) is 3. The molecule has 0 aromatic heterocycles. The van der Waals surface area contributed by atoms with Gasteiger partial charge in [0.1, 0.15) is 0 Å². The van der Waals surface area contributed by atoms with Gasteiger partial charge in [-0.15, -0.1) is 0 Å². The SMILES string of the molecule is CCN1CCC(c2ccc3c(c2)CN(S(=O)(=O)c2ccccc2)C3)CC1. The maximum absolute atomic E-state index is 12.9. The molecule has 2 aromatic rings. The second-order valence-corrected chi connectivity index (χ2v) is 9.26. The van der Waals surface area contributed by atoms with Crippen molar-refractivity contribution in [3.8, 4) is 0 Å². The first kappa shape index (κ1) is 17.7. The molecule has 0 unspecified atom stereocenters. The van der Waals surface area contributed by atoms with Crippen LogP contribution in [0.25, 0.3) is 0 Å². The topological polar surface area (TPSA) is 40.6 Å². The third kappa shape index (κ3) is 3.31. The lowest BCUT2D eigenvalue weighted by molar-refractivity contribution is 0.222. The minimum Gasteiger partial charge on any atom is -0.304 e. The Hall–Kier alpha value is -1.69. The molecule has 138 valence electrons. The van der Waals surface area contributed by atoms with Crippen LogP contribution in [0.3, 0.4) is 0 Å². The number of fused-ring (bicyclic) bond motifs is 1. The largest absolute Gasteiger partial charge is 0.304 e. The number of benzene rings is 2. The molecule has 2 aliphatic rings. The molecule has 0 saturated carbocycles. The summed E-state index contributed by atoms with van der Waals surface area (Å²) in [6.07, 6.45) is 2.39. The van der Waals surface area contributed by atoms with Crippen molar-refractivity contribution >= 4 is 10.0 Å². The second kappa shape index (κ2) is 7.14. The third-order valence-electron chi connectivity index (χ3n) is 5.81. The van der Waals surface area contributed by atoms with Crippen molar-refractivity contribution in [3.05, 3.63) is 65.2 Å². The lowest BCUT2D eigenvalue weighted by Crippen LogP contribution is -2.32. The van der Waals surface area contributed by atoms with E-state index < -0.39 is 10.0 Å². The highest BCUT2D eigenvalue weighted by molar-refractivity contribution is 7.89. The van der Waals surface area contributed by atoms with E-state index in [1.165, 1.54) is 24.0 Å². The standard InChI is InChI=1S/C21H26N2O2S/c1-2-22-12-10-17(11-13-22)18-8-9-19-15-23(16-20(19)14-18)26(24,25)21-6-4-3-5-7-21/h3-9,14,17H,2,10-13,15-16H2,1H3. The summed E-state index contributed by atoms with van der Waals surface area (Å²) < 4.78 is 27.4. The zero-order chi connectivity index (χ0) is 18.1. The Morgan fingerprint density at radius 1 is 0.962 bits per heavy atom. The normalized spacial score (nSPS) is 19.6. The molecule has 2 aromatic carbocycles. The monoisotopic (exact) mass is 370 g/mol. The average Bonchev–Trinajstić information content (AvgIpc) is 3.13. The van der Waals surface area contributed by atoms with Crippen molar-refractivity contribution in [1.82, 2.24) is 9.21 Å². The summed E-state index contributed by atoms with van der Waals surface area (Å²) in [5, 5.41) is 0. The number of sulfonamides is 1. The average molecular weight is 371 g/mol. The number of rotatable bonds is 4. The van der Waals surface area contributed by atoms with Gasteiger partial charge in [-0.25, -0.2) is 8.42 Å². The van der Waals surface area contributed by atoms with Gasteiger partial charge in [-0.3, -0.25) is 0 Å². The summed E-state index contributed by atoms with van der Waals surface area (Å²) in [6, 6.07) is 15.3. The van der Waals surface area contributed by atoms with Gasteiger partial charge < -0.3 is 4.90 Å². The predicted molar refractivity (Wildman–Crippen MR) is 103 cm³/mol. The zero-order valence-corrected chi connectivity index (χ0v) is 16.1. The van der Waals surface area contributed by atoms with E-state index in [1.807, 2.05) is 6.07 Å². The molecule has 0 spiro atoms. The van der Waals surface area contributed by atoms with Gasteiger partial charge >= 0.3 is 0 Å². The Morgan fingerprint density at radius 3 is 2.35 bits per heavy atom. The summed E-state index contributed by atoms with van der Waals surface area (Å²) in [5.74, 6) is 0.600. The smallest absolute Gasteiger partial charge is 0.243 e. The van der Waals surface area contributed by atoms with Gasteiger partial charge in [0.15, 0.2) is 0 Å². The zero-order valence-electron chi connectivity index (χ0n) is 15.3. The van der Waals surface area contributed by atoms with Crippen LogP contribution in [0, 0.1) is 0 Å². The van der Waals surface area contributed by atoms with Crippen LogP contribution in [0.15, 0.2) is 53.4 Å². The minimum atomic E-state index is -3.43. The highest BCUT2D eigenvalue weighted by Gasteiger charge is 2.31. The molecule has 0 aliphatic carbocycles. The van der Waals surface area contributed by atoms with Crippen molar-refractivity contribution < 1.29 is 8.42 Å². The van der Waals surface area contributed by atoms with Gasteiger partial charge in [0, 0.05) is 13.1 Å². The van der Waals surface area contributed by atoms with E-state index in [0.29, 0.717) is 23.9 Å². The first-order valence-electron chi connectivity index (χ1n) is 9.47. The molecule has 0 atom stereocenters. The van der Waals surface area contributed by atoms with Crippen LogP contribution in [-0.2, 0) is 23.1 Å². The van der Waals surface area contributed by atoms with Crippen LogP contribution < -0.4 is 0 Å². The van der Waals surface area contributed by atoms with Crippen molar-refractivity contribution in [2.75, 3.05) is 19.6 Å². The van der Waals surface area contributed by atoms with E-state index in [9.17, 15) is 8.42 Å². The maximum Gasteiger partial charge on any atom is 0.243 e. The molecule has 4 nitrogen and oxygen atoms in total. The minimum absolute atomic E-state index is 0.375. The number of nitrogens with zero attached hydrogens (tertiary/aromatic N) is 2. The van der Waals surface area contributed by atoms with E-state index >= 15 is 0 Å². The molecule has 26 heavy (non-hydrogen) atoms. The summed E-state index contributed by atoms with van der Waals surface area (Å²) in [5.41, 5.74) is 3.68. The van der Waals surface area contributed by atoms with E-state index in [2.05, 4.69) is 30.0 Å². The third-order valence-corrected chi connectivity index (χ3v) is 7.62. The molecule has 1 saturated heterocycles. The highest BCUT2D eigenvalue weighted by atomic mass is 32.2. The van der Waals surface area contributed by atoms with Gasteiger partial charge in [-0.1, -0.05) is 43.3 Å². The van der Waals surface area contributed by atoms with Gasteiger partial charge in [0.25, 0.3) is 0 Å². The van der Waals surface area contributed by atoms with E-state index in [-0.39, 0.29) is 0 Å². The first-order chi connectivity index (χ1) is 12.6. The Balaban J connectivity index is 1.52. The van der Waals surface area contributed by atoms with Gasteiger partial charge in [-0.05, 0) is 67.2 Å². The molecule has 0 amide bonds. The Morgan fingerprint density at radius 2 is 1.65 bits per heavy atom.